The Morgan fingerprint density at radius 3 is 2.58 bits per heavy atom. The van der Waals surface area contributed by atoms with Crippen LogP contribution in [-0.4, -0.2) is 40.4 Å². The van der Waals surface area contributed by atoms with E-state index in [1.807, 2.05) is 6.07 Å². The number of likely N-dealkylation sites (tertiary alicyclic amines) is 1. The van der Waals surface area contributed by atoms with Gasteiger partial charge in [-0.1, -0.05) is 43.7 Å². The third-order valence-corrected chi connectivity index (χ3v) is 4.15. The topological polar surface area (TPSA) is 43.7 Å². The minimum atomic E-state index is -0.299. The molecule has 0 spiro atoms. The summed E-state index contributed by atoms with van der Waals surface area (Å²) in [6.07, 6.45) is 2.61. The minimum Gasteiger partial charge on any atom is -0.396 e. The summed E-state index contributed by atoms with van der Waals surface area (Å²) in [5, 5.41) is 19.4. The molecule has 2 rings (SSSR count). The fourth-order valence-electron chi connectivity index (χ4n) is 3.26. The summed E-state index contributed by atoms with van der Waals surface area (Å²) in [7, 11) is 0. The second-order valence-corrected chi connectivity index (χ2v) is 5.51. The van der Waals surface area contributed by atoms with Crippen molar-refractivity contribution in [2.45, 2.75) is 44.9 Å². The van der Waals surface area contributed by atoms with E-state index in [1.54, 1.807) is 0 Å². The summed E-state index contributed by atoms with van der Waals surface area (Å²) in [5.41, 5.74) is 1.29. The number of benzene rings is 1. The van der Waals surface area contributed by atoms with Crippen molar-refractivity contribution in [3.8, 4) is 0 Å². The van der Waals surface area contributed by atoms with E-state index in [1.165, 1.54) is 5.56 Å². The molecule has 1 heterocycles. The third kappa shape index (κ3) is 3.56. The third-order valence-electron chi connectivity index (χ3n) is 4.15. The molecule has 2 N–H and O–H groups in total. The SMILES string of the molecule is CCC[C@H]1[C@@H](CCO)[C@@H](O)CN1Cc1ccccc1. The molecule has 1 aliphatic heterocycles. The summed E-state index contributed by atoms with van der Waals surface area (Å²) in [6.45, 7) is 3.97. The quantitative estimate of drug-likeness (QED) is 0.825. The monoisotopic (exact) mass is 263 g/mol. The van der Waals surface area contributed by atoms with Crippen LogP contribution in [0.3, 0.4) is 0 Å². The summed E-state index contributed by atoms with van der Waals surface area (Å²) >= 11 is 0. The van der Waals surface area contributed by atoms with Gasteiger partial charge in [-0.15, -0.1) is 0 Å². The number of aliphatic hydroxyl groups is 2. The summed E-state index contributed by atoms with van der Waals surface area (Å²) < 4.78 is 0. The van der Waals surface area contributed by atoms with Crippen molar-refractivity contribution in [2.24, 2.45) is 5.92 Å². The van der Waals surface area contributed by atoms with Gasteiger partial charge in [-0.2, -0.15) is 0 Å². The molecule has 1 aromatic carbocycles. The lowest BCUT2D eigenvalue weighted by molar-refractivity contribution is 0.114. The molecule has 0 saturated carbocycles. The zero-order valence-corrected chi connectivity index (χ0v) is 11.7. The first kappa shape index (κ1) is 14.5. The van der Waals surface area contributed by atoms with Crippen LogP contribution in [0, 0.1) is 5.92 Å². The average Bonchev–Trinajstić information content (AvgIpc) is 2.69. The number of aliphatic hydroxyl groups excluding tert-OH is 2. The van der Waals surface area contributed by atoms with Crippen molar-refractivity contribution in [3.63, 3.8) is 0 Å². The molecule has 0 unspecified atom stereocenters. The van der Waals surface area contributed by atoms with Crippen LogP contribution in [0.1, 0.15) is 31.7 Å². The van der Waals surface area contributed by atoms with Crippen LogP contribution in [0.15, 0.2) is 30.3 Å². The maximum atomic E-state index is 10.2. The molecule has 0 aliphatic carbocycles. The first-order valence-corrected chi connectivity index (χ1v) is 7.33. The van der Waals surface area contributed by atoms with Gasteiger partial charge in [0.2, 0.25) is 0 Å². The molecule has 0 aromatic heterocycles. The normalized spacial score (nSPS) is 27.8. The Hall–Kier alpha value is -0.900. The van der Waals surface area contributed by atoms with Gasteiger partial charge in [0.05, 0.1) is 6.10 Å². The van der Waals surface area contributed by atoms with Crippen molar-refractivity contribution in [3.05, 3.63) is 35.9 Å². The van der Waals surface area contributed by atoms with E-state index in [0.717, 1.165) is 25.9 Å². The Balaban J connectivity index is 2.06. The van der Waals surface area contributed by atoms with Gasteiger partial charge in [0.25, 0.3) is 0 Å². The molecule has 1 aliphatic rings. The zero-order chi connectivity index (χ0) is 13.7. The van der Waals surface area contributed by atoms with E-state index >= 15 is 0 Å². The molecule has 0 amide bonds. The molecule has 19 heavy (non-hydrogen) atoms. The zero-order valence-electron chi connectivity index (χ0n) is 11.7. The van der Waals surface area contributed by atoms with Crippen LogP contribution in [0.25, 0.3) is 0 Å². The number of β-amino-alcohol motifs (C(OH)–C–C–N with tert-alkyl or cyclic N) is 1. The van der Waals surface area contributed by atoms with Crippen molar-refractivity contribution < 1.29 is 10.2 Å². The molecule has 1 aromatic rings. The molecule has 0 bridgehead atoms. The van der Waals surface area contributed by atoms with Crippen LogP contribution in [0.5, 0.6) is 0 Å². The summed E-state index contributed by atoms with van der Waals surface area (Å²) in [6, 6.07) is 10.8. The van der Waals surface area contributed by atoms with Crippen LogP contribution < -0.4 is 0 Å². The number of nitrogens with zero attached hydrogens (tertiary/aromatic N) is 1. The number of rotatable bonds is 6. The van der Waals surface area contributed by atoms with Crippen LogP contribution in [0.4, 0.5) is 0 Å². The smallest absolute Gasteiger partial charge is 0.0711 e. The predicted octanol–water partition coefficient (Wildman–Crippen LogP) is 2.03. The highest BCUT2D eigenvalue weighted by Crippen LogP contribution is 2.31. The van der Waals surface area contributed by atoms with Gasteiger partial charge in [-0.05, 0) is 18.4 Å². The highest BCUT2D eigenvalue weighted by molar-refractivity contribution is 5.15. The molecule has 3 nitrogen and oxygen atoms in total. The molecule has 1 fully saturated rings. The van der Waals surface area contributed by atoms with Crippen molar-refractivity contribution in [2.75, 3.05) is 13.2 Å². The van der Waals surface area contributed by atoms with Crippen LogP contribution in [-0.2, 0) is 6.54 Å². The van der Waals surface area contributed by atoms with Crippen LogP contribution in [0.2, 0.25) is 0 Å². The number of hydrogen-bond donors (Lipinski definition) is 2. The lowest BCUT2D eigenvalue weighted by Crippen LogP contribution is -2.32. The average molecular weight is 263 g/mol. The summed E-state index contributed by atoms with van der Waals surface area (Å²) in [5.74, 6) is 0.216. The second-order valence-electron chi connectivity index (χ2n) is 5.51. The van der Waals surface area contributed by atoms with Gasteiger partial charge < -0.3 is 10.2 Å². The number of hydrogen-bond acceptors (Lipinski definition) is 3. The predicted molar refractivity (Wildman–Crippen MR) is 76.7 cm³/mol. The van der Waals surface area contributed by atoms with E-state index in [2.05, 4.69) is 36.1 Å². The fourth-order valence-corrected chi connectivity index (χ4v) is 3.26. The highest BCUT2D eigenvalue weighted by Gasteiger charge is 2.39. The van der Waals surface area contributed by atoms with E-state index in [4.69, 9.17) is 0 Å². The Morgan fingerprint density at radius 1 is 1.21 bits per heavy atom. The molecular weight excluding hydrogens is 238 g/mol. The van der Waals surface area contributed by atoms with Gasteiger partial charge >= 0.3 is 0 Å². The molecular formula is C16H25NO2. The maximum Gasteiger partial charge on any atom is 0.0711 e. The first-order chi connectivity index (χ1) is 9.26. The molecule has 106 valence electrons. The minimum absolute atomic E-state index is 0.168. The van der Waals surface area contributed by atoms with E-state index in [-0.39, 0.29) is 18.6 Å². The van der Waals surface area contributed by atoms with Gasteiger partial charge in [0.1, 0.15) is 0 Å². The van der Waals surface area contributed by atoms with Crippen molar-refractivity contribution in [1.82, 2.24) is 4.90 Å². The van der Waals surface area contributed by atoms with Crippen molar-refractivity contribution >= 4 is 0 Å². The lowest BCUT2D eigenvalue weighted by Gasteiger charge is -2.27. The Kier molecular flexibility index (Phi) is 5.37. The summed E-state index contributed by atoms with van der Waals surface area (Å²) in [4.78, 5) is 2.38. The highest BCUT2D eigenvalue weighted by atomic mass is 16.3. The van der Waals surface area contributed by atoms with Crippen LogP contribution >= 0.6 is 0 Å². The lowest BCUT2D eigenvalue weighted by atomic mass is 9.92. The fraction of sp³-hybridized carbons (Fsp3) is 0.625. The van der Waals surface area contributed by atoms with E-state index in [9.17, 15) is 10.2 Å². The Morgan fingerprint density at radius 2 is 1.95 bits per heavy atom. The molecule has 3 atom stereocenters. The van der Waals surface area contributed by atoms with Crippen molar-refractivity contribution in [1.29, 1.82) is 0 Å². The van der Waals surface area contributed by atoms with Gasteiger partial charge in [-0.3, -0.25) is 4.90 Å². The second kappa shape index (κ2) is 7.04. The standard InChI is InChI=1S/C16H25NO2/c1-2-6-15-14(9-10-18)16(19)12-17(15)11-13-7-4-3-5-8-13/h3-5,7-8,14-16,18-19H,2,6,9-12H2,1H3/t14-,15+,16+/m1/s1. The van der Waals surface area contributed by atoms with E-state index in [0.29, 0.717) is 12.5 Å². The first-order valence-electron chi connectivity index (χ1n) is 7.33. The molecule has 1 saturated heterocycles. The van der Waals surface area contributed by atoms with Gasteiger partial charge in [0, 0.05) is 31.7 Å². The Bertz CT molecular complexity index is 368. The van der Waals surface area contributed by atoms with Gasteiger partial charge in [0.15, 0.2) is 0 Å². The molecule has 0 radical (unpaired) electrons. The molecule has 3 heteroatoms. The largest absolute Gasteiger partial charge is 0.396 e. The Labute approximate surface area is 115 Å². The van der Waals surface area contributed by atoms with E-state index < -0.39 is 0 Å². The maximum absolute atomic E-state index is 10.2. The van der Waals surface area contributed by atoms with Gasteiger partial charge in [-0.25, -0.2) is 0 Å².